The van der Waals surface area contributed by atoms with Crippen molar-refractivity contribution in [1.82, 2.24) is 0 Å². The zero-order valence-electron chi connectivity index (χ0n) is 13.4. The molecule has 5 nitrogen and oxygen atoms in total. The molecule has 2 aromatic rings. The highest BCUT2D eigenvalue weighted by Gasteiger charge is 2.13. The van der Waals surface area contributed by atoms with Gasteiger partial charge in [-0.3, -0.25) is 9.59 Å². The van der Waals surface area contributed by atoms with Gasteiger partial charge in [0.05, 0.1) is 17.8 Å². The van der Waals surface area contributed by atoms with Gasteiger partial charge in [-0.25, -0.2) is 0 Å². The molecule has 0 saturated carbocycles. The number of nitrogens with zero attached hydrogens (tertiary/aromatic N) is 1. The Balaban J connectivity index is 2.11. The Bertz CT molecular complexity index is 713. The van der Waals surface area contributed by atoms with Crippen LogP contribution in [0.25, 0.3) is 0 Å². The molecule has 23 heavy (non-hydrogen) atoms. The van der Waals surface area contributed by atoms with E-state index in [9.17, 15) is 9.59 Å². The number of rotatable bonds is 6. The zero-order chi connectivity index (χ0) is 16.8. The Kier molecular flexibility index (Phi) is 5.36. The summed E-state index contributed by atoms with van der Waals surface area (Å²) < 4.78 is 0. The van der Waals surface area contributed by atoms with E-state index in [0.29, 0.717) is 17.8 Å². The lowest BCUT2D eigenvalue weighted by Crippen LogP contribution is -2.33. The Morgan fingerprint density at radius 1 is 1.13 bits per heavy atom. The Hall–Kier alpha value is -2.82. The molecule has 2 rings (SSSR count). The first-order valence-electron chi connectivity index (χ1n) is 7.51. The van der Waals surface area contributed by atoms with Crippen molar-refractivity contribution < 1.29 is 9.59 Å². The van der Waals surface area contributed by atoms with Crippen LogP contribution in [-0.2, 0) is 4.79 Å². The van der Waals surface area contributed by atoms with Gasteiger partial charge in [-0.05, 0) is 43.7 Å². The summed E-state index contributed by atoms with van der Waals surface area (Å²) in [7, 11) is 0. The maximum atomic E-state index is 12.3. The fourth-order valence-corrected chi connectivity index (χ4v) is 2.38. The molecule has 0 fully saturated rings. The molecule has 0 spiro atoms. The summed E-state index contributed by atoms with van der Waals surface area (Å²) in [6, 6.07) is 14.7. The number of likely N-dealkylation sites (N-methyl/N-ethyl adjacent to an activating group) is 1. The van der Waals surface area contributed by atoms with Crippen molar-refractivity contribution in [3.63, 3.8) is 0 Å². The first-order valence-corrected chi connectivity index (χ1v) is 7.51. The SMILES string of the molecule is CCN(CC(=O)Nc1ccccc1C(N)=O)c1cccc(C)c1. The number of anilines is 2. The van der Waals surface area contributed by atoms with Crippen molar-refractivity contribution in [2.75, 3.05) is 23.3 Å². The van der Waals surface area contributed by atoms with Gasteiger partial charge in [0.25, 0.3) is 5.91 Å². The summed E-state index contributed by atoms with van der Waals surface area (Å²) in [5.74, 6) is -0.756. The van der Waals surface area contributed by atoms with E-state index in [1.807, 2.05) is 43.0 Å². The van der Waals surface area contributed by atoms with Gasteiger partial charge < -0.3 is 16.0 Å². The quantitative estimate of drug-likeness (QED) is 0.861. The first kappa shape index (κ1) is 16.5. The average molecular weight is 311 g/mol. The lowest BCUT2D eigenvalue weighted by Gasteiger charge is -2.23. The second kappa shape index (κ2) is 7.45. The maximum absolute atomic E-state index is 12.3. The number of nitrogens with one attached hydrogen (secondary N) is 1. The lowest BCUT2D eigenvalue weighted by atomic mass is 10.1. The number of benzene rings is 2. The summed E-state index contributed by atoms with van der Waals surface area (Å²) >= 11 is 0. The van der Waals surface area contributed by atoms with Gasteiger partial charge in [0.1, 0.15) is 0 Å². The summed E-state index contributed by atoms with van der Waals surface area (Å²) in [6.45, 7) is 4.91. The van der Waals surface area contributed by atoms with E-state index in [0.717, 1.165) is 11.3 Å². The van der Waals surface area contributed by atoms with E-state index in [1.54, 1.807) is 24.3 Å². The van der Waals surface area contributed by atoms with Gasteiger partial charge in [0, 0.05) is 12.2 Å². The fraction of sp³-hybridized carbons (Fsp3) is 0.222. The normalized spacial score (nSPS) is 10.2. The van der Waals surface area contributed by atoms with Gasteiger partial charge in [0.2, 0.25) is 5.91 Å². The highest BCUT2D eigenvalue weighted by Crippen LogP contribution is 2.17. The lowest BCUT2D eigenvalue weighted by molar-refractivity contribution is -0.115. The maximum Gasteiger partial charge on any atom is 0.250 e. The molecule has 0 aliphatic rings. The van der Waals surface area contributed by atoms with E-state index in [4.69, 9.17) is 5.73 Å². The molecule has 0 radical (unpaired) electrons. The van der Waals surface area contributed by atoms with Crippen LogP contribution in [0.2, 0.25) is 0 Å². The molecule has 0 aliphatic heterocycles. The number of hydrogen-bond acceptors (Lipinski definition) is 3. The summed E-state index contributed by atoms with van der Waals surface area (Å²) in [5.41, 5.74) is 8.20. The second-order valence-electron chi connectivity index (χ2n) is 5.31. The number of primary amides is 1. The molecule has 5 heteroatoms. The van der Waals surface area contributed by atoms with Crippen LogP contribution in [-0.4, -0.2) is 24.9 Å². The molecule has 2 amide bonds. The van der Waals surface area contributed by atoms with Gasteiger partial charge in [0.15, 0.2) is 0 Å². The molecule has 120 valence electrons. The van der Waals surface area contributed by atoms with Gasteiger partial charge >= 0.3 is 0 Å². The van der Waals surface area contributed by atoms with Crippen LogP contribution in [0, 0.1) is 6.92 Å². The summed E-state index contributed by atoms with van der Waals surface area (Å²) in [6.07, 6.45) is 0. The van der Waals surface area contributed by atoms with Crippen molar-refractivity contribution in [3.05, 3.63) is 59.7 Å². The van der Waals surface area contributed by atoms with Crippen LogP contribution in [0.3, 0.4) is 0 Å². The molecular formula is C18H21N3O2. The van der Waals surface area contributed by atoms with E-state index in [2.05, 4.69) is 5.32 Å². The van der Waals surface area contributed by atoms with Crippen LogP contribution in [0.1, 0.15) is 22.8 Å². The summed E-state index contributed by atoms with van der Waals surface area (Å²) in [4.78, 5) is 25.7. The van der Waals surface area contributed by atoms with Crippen molar-refractivity contribution in [2.24, 2.45) is 5.73 Å². The second-order valence-corrected chi connectivity index (χ2v) is 5.31. The van der Waals surface area contributed by atoms with Gasteiger partial charge in [-0.15, -0.1) is 0 Å². The topological polar surface area (TPSA) is 75.4 Å². The molecule has 3 N–H and O–H groups in total. The van der Waals surface area contributed by atoms with E-state index in [-0.39, 0.29) is 12.5 Å². The van der Waals surface area contributed by atoms with E-state index < -0.39 is 5.91 Å². The molecule has 0 aromatic heterocycles. The number of carbonyl (C=O) groups is 2. The van der Waals surface area contributed by atoms with Crippen molar-refractivity contribution in [1.29, 1.82) is 0 Å². The Morgan fingerprint density at radius 2 is 1.87 bits per heavy atom. The van der Waals surface area contributed by atoms with Crippen molar-refractivity contribution >= 4 is 23.2 Å². The monoisotopic (exact) mass is 311 g/mol. The minimum absolute atomic E-state index is 0.193. The van der Waals surface area contributed by atoms with Crippen molar-refractivity contribution in [3.8, 4) is 0 Å². The first-order chi connectivity index (χ1) is 11.0. The zero-order valence-corrected chi connectivity index (χ0v) is 13.4. The number of para-hydroxylation sites is 1. The summed E-state index contributed by atoms with van der Waals surface area (Å²) in [5, 5.41) is 2.76. The predicted molar refractivity (Wildman–Crippen MR) is 92.7 cm³/mol. The molecule has 0 bridgehead atoms. The molecule has 2 aromatic carbocycles. The molecule has 0 unspecified atom stereocenters. The number of hydrogen-bond donors (Lipinski definition) is 2. The molecule has 0 saturated heterocycles. The number of aryl methyl sites for hydroxylation is 1. The van der Waals surface area contributed by atoms with Gasteiger partial charge in [-0.1, -0.05) is 24.3 Å². The van der Waals surface area contributed by atoms with Gasteiger partial charge in [-0.2, -0.15) is 0 Å². The van der Waals surface area contributed by atoms with Crippen LogP contribution in [0.5, 0.6) is 0 Å². The highest BCUT2D eigenvalue weighted by atomic mass is 16.2. The number of amides is 2. The minimum atomic E-state index is -0.563. The minimum Gasteiger partial charge on any atom is -0.366 e. The molecular weight excluding hydrogens is 290 g/mol. The fourth-order valence-electron chi connectivity index (χ4n) is 2.38. The highest BCUT2D eigenvalue weighted by molar-refractivity contribution is 6.03. The third kappa shape index (κ3) is 4.32. The van der Waals surface area contributed by atoms with Crippen molar-refractivity contribution in [2.45, 2.75) is 13.8 Å². The third-order valence-electron chi connectivity index (χ3n) is 3.55. The number of nitrogens with two attached hydrogens (primary N) is 1. The Labute approximate surface area is 136 Å². The van der Waals surface area contributed by atoms with Crippen LogP contribution >= 0.6 is 0 Å². The predicted octanol–water partition coefficient (Wildman–Crippen LogP) is 2.56. The molecule has 0 heterocycles. The van der Waals surface area contributed by atoms with Crippen LogP contribution in [0.4, 0.5) is 11.4 Å². The largest absolute Gasteiger partial charge is 0.366 e. The van der Waals surface area contributed by atoms with Crippen LogP contribution in [0.15, 0.2) is 48.5 Å². The smallest absolute Gasteiger partial charge is 0.250 e. The van der Waals surface area contributed by atoms with E-state index in [1.165, 1.54) is 0 Å². The third-order valence-corrected chi connectivity index (χ3v) is 3.55. The molecule has 0 atom stereocenters. The Morgan fingerprint density at radius 3 is 2.52 bits per heavy atom. The average Bonchev–Trinajstić information content (AvgIpc) is 2.53. The standard InChI is InChI=1S/C18H21N3O2/c1-3-21(14-8-6-7-13(2)11-14)12-17(22)20-16-10-5-4-9-15(16)18(19)23/h4-11H,3,12H2,1-2H3,(H2,19,23)(H,20,22). The van der Waals surface area contributed by atoms with Crippen LogP contribution < -0.4 is 16.0 Å². The number of carbonyl (C=O) groups excluding carboxylic acids is 2. The van der Waals surface area contributed by atoms with E-state index >= 15 is 0 Å². The molecule has 0 aliphatic carbocycles.